The molecule has 76 valence electrons. The first-order valence-electron chi connectivity index (χ1n) is 4.05. The predicted molar refractivity (Wildman–Crippen MR) is 57.6 cm³/mol. The third-order valence-corrected chi connectivity index (χ3v) is 2.27. The third kappa shape index (κ3) is 3.00. The van der Waals surface area contributed by atoms with Crippen molar-refractivity contribution in [1.82, 2.24) is 0 Å². The van der Waals surface area contributed by atoms with E-state index >= 15 is 0 Å². The van der Waals surface area contributed by atoms with Crippen molar-refractivity contribution >= 4 is 23.2 Å². The maximum Gasteiger partial charge on any atom is 0.0987 e. The van der Waals surface area contributed by atoms with Gasteiger partial charge in [-0.25, -0.2) is 0 Å². The largest absolute Gasteiger partial charge is 0.392 e. The van der Waals surface area contributed by atoms with Crippen molar-refractivity contribution in [2.45, 2.75) is 6.10 Å². The van der Waals surface area contributed by atoms with Crippen LogP contribution in [0.25, 0.3) is 0 Å². The number of benzene rings is 1. The Morgan fingerprint density at radius 3 is 2.64 bits per heavy atom. The fraction of sp³-hybridized carbons (Fsp3) is 0.200. The Morgan fingerprint density at radius 1 is 1.36 bits per heavy atom. The predicted octanol–water partition coefficient (Wildman–Crippen LogP) is 2.58. The summed E-state index contributed by atoms with van der Waals surface area (Å²) in [7, 11) is 0. The van der Waals surface area contributed by atoms with Crippen LogP contribution >= 0.6 is 23.2 Å². The van der Waals surface area contributed by atoms with Crippen LogP contribution in [-0.4, -0.2) is 16.8 Å². The van der Waals surface area contributed by atoms with Gasteiger partial charge in [0.05, 0.1) is 12.7 Å². The van der Waals surface area contributed by atoms with E-state index in [1.807, 2.05) is 0 Å². The van der Waals surface area contributed by atoms with Gasteiger partial charge in [0.15, 0.2) is 0 Å². The molecule has 14 heavy (non-hydrogen) atoms. The van der Waals surface area contributed by atoms with Crippen LogP contribution < -0.4 is 0 Å². The molecule has 0 amide bonds. The highest BCUT2D eigenvalue weighted by molar-refractivity contribution is 6.35. The van der Waals surface area contributed by atoms with Gasteiger partial charge in [-0.15, -0.1) is 0 Å². The van der Waals surface area contributed by atoms with Gasteiger partial charge in [-0.05, 0) is 12.1 Å². The van der Waals surface area contributed by atoms with Crippen LogP contribution in [0.4, 0.5) is 0 Å². The molecule has 1 rings (SSSR count). The van der Waals surface area contributed by atoms with Crippen molar-refractivity contribution in [3.63, 3.8) is 0 Å². The van der Waals surface area contributed by atoms with E-state index in [0.717, 1.165) is 0 Å². The molecule has 1 atom stereocenters. The molecule has 0 aromatic heterocycles. The van der Waals surface area contributed by atoms with Crippen molar-refractivity contribution in [3.8, 4) is 0 Å². The van der Waals surface area contributed by atoms with Crippen molar-refractivity contribution in [1.29, 1.82) is 0 Å². The summed E-state index contributed by atoms with van der Waals surface area (Å²) in [5.41, 5.74) is 0.570. The Hall–Kier alpha value is -0.540. The molecule has 0 heterocycles. The number of hydrogen-bond acceptors (Lipinski definition) is 2. The fourth-order valence-electron chi connectivity index (χ4n) is 1.03. The molecule has 0 aliphatic heterocycles. The topological polar surface area (TPSA) is 40.5 Å². The lowest BCUT2D eigenvalue weighted by Gasteiger charge is -2.08. The van der Waals surface area contributed by atoms with Crippen LogP contribution in [0.5, 0.6) is 0 Å². The van der Waals surface area contributed by atoms with Gasteiger partial charge in [-0.2, -0.15) is 0 Å². The highest BCUT2D eigenvalue weighted by Crippen LogP contribution is 2.26. The first-order chi connectivity index (χ1) is 6.65. The molecule has 0 saturated heterocycles. The Bertz CT molecular complexity index is 337. The smallest absolute Gasteiger partial charge is 0.0987 e. The zero-order valence-corrected chi connectivity index (χ0v) is 8.83. The second-order valence-electron chi connectivity index (χ2n) is 2.72. The molecule has 0 aliphatic carbocycles. The average Bonchev–Trinajstić information content (AvgIpc) is 2.14. The molecule has 0 radical (unpaired) electrons. The number of aliphatic hydroxyl groups is 2. The van der Waals surface area contributed by atoms with E-state index in [9.17, 15) is 5.11 Å². The summed E-state index contributed by atoms with van der Waals surface area (Å²) in [5.74, 6) is 0. The molecule has 0 bridgehead atoms. The molecule has 1 unspecified atom stereocenters. The summed E-state index contributed by atoms with van der Waals surface area (Å²) in [6, 6.07) is 4.87. The lowest BCUT2D eigenvalue weighted by molar-refractivity contribution is 0.227. The van der Waals surface area contributed by atoms with Gasteiger partial charge >= 0.3 is 0 Å². The standard InChI is InChI=1S/C10H10Cl2O2/c11-7-3-4-8(9(12)6-7)10(14)2-1-5-13/h1-4,6,10,13-14H,5H2. The van der Waals surface area contributed by atoms with E-state index in [1.165, 1.54) is 12.2 Å². The van der Waals surface area contributed by atoms with E-state index in [1.54, 1.807) is 18.2 Å². The molecule has 0 aliphatic rings. The van der Waals surface area contributed by atoms with Crippen LogP contribution in [0.15, 0.2) is 30.4 Å². The highest BCUT2D eigenvalue weighted by Gasteiger charge is 2.07. The lowest BCUT2D eigenvalue weighted by Crippen LogP contribution is -1.94. The van der Waals surface area contributed by atoms with Gasteiger partial charge in [0.1, 0.15) is 0 Å². The molecule has 0 saturated carbocycles. The quantitative estimate of drug-likeness (QED) is 0.787. The molecule has 1 aromatic rings. The summed E-state index contributed by atoms with van der Waals surface area (Å²) >= 11 is 11.6. The Kier molecular flexibility index (Phi) is 4.42. The zero-order chi connectivity index (χ0) is 10.6. The van der Waals surface area contributed by atoms with Gasteiger partial charge in [0.2, 0.25) is 0 Å². The minimum atomic E-state index is -0.813. The Labute approximate surface area is 92.4 Å². The monoisotopic (exact) mass is 232 g/mol. The third-order valence-electron chi connectivity index (χ3n) is 1.70. The Morgan fingerprint density at radius 2 is 2.07 bits per heavy atom. The number of rotatable bonds is 3. The molecule has 0 spiro atoms. The maximum atomic E-state index is 9.60. The van der Waals surface area contributed by atoms with Crippen molar-refractivity contribution in [2.24, 2.45) is 0 Å². The van der Waals surface area contributed by atoms with Gasteiger partial charge < -0.3 is 10.2 Å². The van der Waals surface area contributed by atoms with Crippen LogP contribution in [0.1, 0.15) is 11.7 Å². The van der Waals surface area contributed by atoms with E-state index in [4.69, 9.17) is 28.3 Å². The van der Waals surface area contributed by atoms with Gasteiger partial charge in [-0.1, -0.05) is 41.4 Å². The van der Waals surface area contributed by atoms with E-state index < -0.39 is 6.10 Å². The van der Waals surface area contributed by atoms with Crippen molar-refractivity contribution in [2.75, 3.05) is 6.61 Å². The second kappa shape index (κ2) is 5.37. The summed E-state index contributed by atoms with van der Waals surface area (Å²) in [6.07, 6.45) is 2.11. The molecule has 2 N–H and O–H groups in total. The van der Waals surface area contributed by atoms with E-state index in [-0.39, 0.29) is 6.61 Å². The molecule has 0 fully saturated rings. The van der Waals surface area contributed by atoms with Crippen LogP contribution in [-0.2, 0) is 0 Å². The molecular formula is C10H10Cl2O2. The number of halogens is 2. The van der Waals surface area contributed by atoms with Crippen LogP contribution in [0.3, 0.4) is 0 Å². The van der Waals surface area contributed by atoms with Gasteiger partial charge in [-0.3, -0.25) is 0 Å². The van der Waals surface area contributed by atoms with Crippen LogP contribution in [0.2, 0.25) is 10.0 Å². The highest BCUT2D eigenvalue weighted by atomic mass is 35.5. The Balaban J connectivity index is 2.90. The number of hydrogen-bond donors (Lipinski definition) is 2. The molecule has 4 heteroatoms. The molecule has 2 nitrogen and oxygen atoms in total. The second-order valence-corrected chi connectivity index (χ2v) is 3.57. The summed E-state index contributed by atoms with van der Waals surface area (Å²) < 4.78 is 0. The first kappa shape index (κ1) is 11.5. The first-order valence-corrected chi connectivity index (χ1v) is 4.81. The molecule has 1 aromatic carbocycles. The average molecular weight is 233 g/mol. The van der Waals surface area contributed by atoms with Gasteiger partial charge in [0, 0.05) is 15.6 Å². The van der Waals surface area contributed by atoms with Gasteiger partial charge in [0.25, 0.3) is 0 Å². The number of aliphatic hydroxyl groups excluding tert-OH is 2. The zero-order valence-electron chi connectivity index (χ0n) is 7.32. The summed E-state index contributed by atoms with van der Waals surface area (Å²) in [5, 5.41) is 19.1. The van der Waals surface area contributed by atoms with E-state index in [2.05, 4.69) is 0 Å². The summed E-state index contributed by atoms with van der Waals surface area (Å²) in [4.78, 5) is 0. The minimum Gasteiger partial charge on any atom is -0.392 e. The lowest BCUT2D eigenvalue weighted by atomic mass is 10.1. The normalized spacial score (nSPS) is 13.4. The van der Waals surface area contributed by atoms with Crippen molar-refractivity contribution in [3.05, 3.63) is 46.0 Å². The van der Waals surface area contributed by atoms with Crippen LogP contribution in [0, 0.1) is 0 Å². The fourth-order valence-corrected chi connectivity index (χ4v) is 1.56. The molecular weight excluding hydrogens is 223 g/mol. The van der Waals surface area contributed by atoms with Crippen molar-refractivity contribution < 1.29 is 10.2 Å². The summed E-state index contributed by atoms with van der Waals surface area (Å²) in [6.45, 7) is -0.109. The van der Waals surface area contributed by atoms with E-state index in [0.29, 0.717) is 15.6 Å². The minimum absolute atomic E-state index is 0.109. The maximum absolute atomic E-state index is 9.60. The SMILES string of the molecule is OCC=CC(O)c1ccc(Cl)cc1Cl.